The Bertz CT molecular complexity index is 1370. The van der Waals surface area contributed by atoms with E-state index in [0.717, 1.165) is 46.3 Å². The molecule has 172 valence electrons. The average molecular weight is 472 g/mol. The van der Waals surface area contributed by atoms with Gasteiger partial charge in [0.05, 0.1) is 17.4 Å². The number of nitrogens with zero attached hydrogens (tertiary/aromatic N) is 2. The van der Waals surface area contributed by atoms with Crippen molar-refractivity contribution in [1.29, 1.82) is 0 Å². The predicted octanol–water partition coefficient (Wildman–Crippen LogP) is 4.83. The Morgan fingerprint density at radius 2 is 1.97 bits per heavy atom. The summed E-state index contributed by atoms with van der Waals surface area (Å²) in [6.45, 7) is 0.939. The molecular formula is C26H25N5O2S. The SMILES string of the molecule is CN1CCCC1C(=O)Nc1ccc2cc(C(=O)Nc3cc(-c4cccs4)ccc3N)ncc2c1. The monoisotopic (exact) mass is 471 g/mol. The number of benzene rings is 2. The zero-order valence-electron chi connectivity index (χ0n) is 18.7. The Morgan fingerprint density at radius 1 is 1.09 bits per heavy atom. The Hall–Kier alpha value is -3.75. The third-order valence-electron chi connectivity index (χ3n) is 6.15. The first-order valence-electron chi connectivity index (χ1n) is 11.1. The van der Waals surface area contributed by atoms with Crippen molar-refractivity contribution >= 4 is 51.0 Å². The smallest absolute Gasteiger partial charge is 0.274 e. The molecule has 4 aromatic rings. The van der Waals surface area contributed by atoms with Gasteiger partial charge in [-0.25, -0.2) is 0 Å². The number of carbonyl (C=O) groups is 2. The summed E-state index contributed by atoms with van der Waals surface area (Å²) in [6.07, 6.45) is 3.55. The summed E-state index contributed by atoms with van der Waals surface area (Å²) in [4.78, 5) is 33.0. The lowest BCUT2D eigenvalue weighted by Crippen LogP contribution is -2.37. The van der Waals surface area contributed by atoms with Crippen LogP contribution in [0.1, 0.15) is 23.3 Å². The van der Waals surface area contributed by atoms with E-state index in [-0.39, 0.29) is 23.6 Å². The van der Waals surface area contributed by atoms with Crippen LogP contribution in [-0.4, -0.2) is 41.3 Å². The minimum Gasteiger partial charge on any atom is -0.397 e. The van der Waals surface area contributed by atoms with Gasteiger partial charge in [0.15, 0.2) is 0 Å². The van der Waals surface area contributed by atoms with E-state index in [1.807, 2.05) is 54.9 Å². The summed E-state index contributed by atoms with van der Waals surface area (Å²) >= 11 is 1.62. The molecule has 1 saturated heterocycles. The van der Waals surface area contributed by atoms with Crippen molar-refractivity contribution in [3.05, 3.63) is 71.9 Å². The quantitative estimate of drug-likeness (QED) is 0.362. The normalized spacial score (nSPS) is 16.0. The van der Waals surface area contributed by atoms with E-state index in [2.05, 4.69) is 20.5 Å². The van der Waals surface area contributed by atoms with Gasteiger partial charge in [0.25, 0.3) is 5.91 Å². The maximum Gasteiger partial charge on any atom is 0.274 e. The maximum atomic E-state index is 12.9. The number of likely N-dealkylation sites (N-methyl/N-ethyl adjacent to an activating group) is 1. The minimum atomic E-state index is -0.335. The molecule has 2 aromatic carbocycles. The Kier molecular flexibility index (Phi) is 6.00. The van der Waals surface area contributed by atoms with Crippen molar-refractivity contribution in [2.45, 2.75) is 18.9 Å². The summed E-state index contributed by atoms with van der Waals surface area (Å²) < 4.78 is 0. The van der Waals surface area contributed by atoms with E-state index in [1.54, 1.807) is 29.7 Å². The maximum absolute atomic E-state index is 12.9. The van der Waals surface area contributed by atoms with E-state index >= 15 is 0 Å². The molecule has 0 spiro atoms. The largest absolute Gasteiger partial charge is 0.397 e. The molecule has 1 fully saturated rings. The van der Waals surface area contributed by atoms with Crippen LogP contribution in [0.2, 0.25) is 0 Å². The molecule has 3 heterocycles. The Morgan fingerprint density at radius 3 is 2.74 bits per heavy atom. The number of fused-ring (bicyclic) bond motifs is 1. The van der Waals surface area contributed by atoms with Crippen LogP contribution >= 0.6 is 11.3 Å². The summed E-state index contributed by atoms with van der Waals surface area (Å²) in [6, 6.07) is 16.9. The third-order valence-corrected chi connectivity index (χ3v) is 7.07. The second kappa shape index (κ2) is 9.24. The molecule has 8 heteroatoms. The molecular weight excluding hydrogens is 446 g/mol. The summed E-state index contributed by atoms with van der Waals surface area (Å²) in [5, 5.41) is 9.59. The number of nitrogen functional groups attached to an aromatic ring is 1. The van der Waals surface area contributed by atoms with Crippen molar-refractivity contribution in [2.75, 3.05) is 30.0 Å². The molecule has 1 atom stereocenters. The van der Waals surface area contributed by atoms with Gasteiger partial charge in [0.2, 0.25) is 5.91 Å². The van der Waals surface area contributed by atoms with Crippen LogP contribution < -0.4 is 16.4 Å². The number of aromatic nitrogens is 1. The van der Waals surface area contributed by atoms with Gasteiger partial charge in [-0.05, 0) is 79.2 Å². The second-order valence-electron chi connectivity index (χ2n) is 8.49. The molecule has 4 N–H and O–H groups in total. The van der Waals surface area contributed by atoms with E-state index in [9.17, 15) is 9.59 Å². The molecule has 0 bridgehead atoms. The van der Waals surface area contributed by atoms with Crippen LogP contribution in [0, 0.1) is 0 Å². The first kappa shape index (κ1) is 22.1. The topological polar surface area (TPSA) is 100 Å². The van der Waals surface area contributed by atoms with Crippen LogP contribution in [0.5, 0.6) is 0 Å². The number of likely N-dealkylation sites (tertiary alicyclic amines) is 1. The second-order valence-corrected chi connectivity index (χ2v) is 9.44. The van der Waals surface area contributed by atoms with Crippen molar-refractivity contribution in [3.8, 4) is 10.4 Å². The molecule has 34 heavy (non-hydrogen) atoms. The number of nitrogens with one attached hydrogen (secondary N) is 2. The highest BCUT2D eigenvalue weighted by atomic mass is 32.1. The third kappa shape index (κ3) is 4.50. The van der Waals surface area contributed by atoms with E-state index in [4.69, 9.17) is 5.73 Å². The van der Waals surface area contributed by atoms with E-state index < -0.39 is 0 Å². The first-order chi connectivity index (χ1) is 16.5. The van der Waals surface area contributed by atoms with Gasteiger partial charge in [-0.3, -0.25) is 19.5 Å². The standard InChI is InChI=1S/C26H25N5O2S/c1-31-10-2-4-23(31)26(33)29-19-8-6-16-13-22(28-15-18(16)12-19)25(32)30-21-14-17(7-9-20(21)27)24-5-3-11-34-24/h3,5-9,11-15,23H,2,4,10,27H2,1H3,(H,29,33)(H,30,32). The number of hydrogen-bond donors (Lipinski definition) is 3. The summed E-state index contributed by atoms with van der Waals surface area (Å²) in [5.74, 6) is -0.329. The van der Waals surface area contributed by atoms with Crippen molar-refractivity contribution in [3.63, 3.8) is 0 Å². The number of amides is 2. The molecule has 1 aliphatic heterocycles. The highest BCUT2D eigenvalue weighted by Crippen LogP contribution is 2.30. The van der Waals surface area contributed by atoms with Crippen LogP contribution in [0.15, 0.2) is 66.2 Å². The average Bonchev–Trinajstić information content (AvgIpc) is 3.52. The lowest BCUT2D eigenvalue weighted by Gasteiger charge is -2.18. The van der Waals surface area contributed by atoms with Gasteiger partial charge >= 0.3 is 0 Å². The molecule has 5 rings (SSSR count). The number of anilines is 3. The number of pyridine rings is 1. The number of hydrogen-bond acceptors (Lipinski definition) is 6. The summed E-state index contributed by atoms with van der Waals surface area (Å²) in [7, 11) is 1.97. The molecule has 7 nitrogen and oxygen atoms in total. The van der Waals surface area contributed by atoms with E-state index in [1.165, 1.54) is 0 Å². The van der Waals surface area contributed by atoms with Crippen molar-refractivity contribution < 1.29 is 9.59 Å². The zero-order chi connectivity index (χ0) is 23.7. The molecule has 1 aliphatic rings. The number of thiophene rings is 1. The zero-order valence-corrected chi connectivity index (χ0v) is 19.6. The van der Waals surface area contributed by atoms with Crippen LogP contribution in [0.3, 0.4) is 0 Å². The molecule has 1 unspecified atom stereocenters. The van der Waals surface area contributed by atoms with Gasteiger partial charge in [-0.1, -0.05) is 18.2 Å². The Labute approximate surface area is 201 Å². The van der Waals surface area contributed by atoms with Gasteiger partial charge < -0.3 is 16.4 Å². The van der Waals surface area contributed by atoms with Crippen LogP contribution in [-0.2, 0) is 4.79 Å². The molecule has 2 aromatic heterocycles. The molecule has 0 saturated carbocycles. The molecule has 0 aliphatic carbocycles. The van der Waals surface area contributed by atoms with Gasteiger partial charge in [-0.2, -0.15) is 0 Å². The van der Waals surface area contributed by atoms with Crippen LogP contribution in [0.4, 0.5) is 17.1 Å². The van der Waals surface area contributed by atoms with Gasteiger partial charge in [0.1, 0.15) is 5.69 Å². The number of nitrogens with two attached hydrogens (primary N) is 1. The highest BCUT2D eigenvalue weighted by Gasteiger charge is 2.27. The molecule has 0 radical (unpaired) electrons. The minimum absolute atomic E-state index is 0.00525. The van der Waals surface area contributed by atoms with Crippen molar-refractivity contribution in [1.82, 2.24) is 9.88 Å². The highest BCUT2D eigenvalue weighted by molar-refractivity contribution is 7.13. The van der Waals surface area contributed by atoms with Crippen LogP contribution in [0.25, 0.3) is 21.2 Å². The lowest BCUT2D eigenvalue weighted by molar-refractivity contribution is -0.119. The summed E-state index contributed by atoms with van der Waals surface area (Å²) in [5.41, 5.74) is 9.14. The van der Waals surface area contributed by atoms with Gasteiger partial charge in [-0.15, -0.1) is 11.3 Å². The number of rotatable bonds is 5. The first-order valence-corrected chi connectivity index (χ1v) is 12.0. The Balaban J connectivity index is 1.32. The molecule has 2 amide bonds. The predicted molar refractivity (Wildman–Crippen MR) is 138 cm³/mol. The number of carbonyl (C=O) groups excluding carboxylic acids is 2. The fraction of sp³-hybridized carbons (Fsp3) is 0.192. The van der Waals surface area contributed by atoms with Crippen molar-refractivity contribution in [2.24, 2.45) is 0 Å². The fourth-order valence-corrected chi connectivity index (χ4v) is 4.98. The van der Waals surface area contributed by atoms with Gasteiger partial charge in [0, 0.05) is 22.1 Å². The van der Waals surface area contributed by atoms with E-state index in [0.29, 0.717) is 11.4 Å². The lowest BCUT2D eigenvalue weighted by atomic mass is 10.1. The fourth-order valence-electron chi connectivity index (χ4n) is 4.26.